The van der Waals surface area contributed by atoms with E-state index in [1.54, 1.807) is 4.68 Å². The molecule has 0 spiro atoms. The smallest absolute Gasteiger partial charge is 0.256 e. The number of nitrogens with two attached hydrogens (primary N) is 1. The number of aromatic nitrogens is 4. The molecular weight excluding hydrogens is 220 g/mol. The maximum absolute atomic E-state index is 11.7. The van der Waals surface area contributed by atoms with Crippen LogP contribution in [-0.2, 0) is 13.6 Å². The number of anilines is 1. The van der Waals surface area contributed by atoms with Crippen molar-refractivity contribution in [2.45, 2.75) is 13.5 Å². The standard InChI is InChI=1S/C10H14N6O/c1-6-7(5-16(2)15-6)3-12-10(17)8-4-13-14-9(8)11/h4-5H,3H2,1-2H3,(H,12,17)(H3,11,13,14). The SMILES string of the molecule is Cc1nn(C)cc1CNC(=O)c1cn[nH]c1N. The number of hydrogen-bond donors (Lipinski definition) is 3. The Morgan fingerprint density at radius 3 is 2.94 bits per heavy atom. The summed E-state index contributed by atoms with van der Waals surface area (Å²) in [5.74, 6) is 0.0184. The monoisotopic (exact) mass is 234 g/mol. The third-order valence-electron chi connectivity index (χ3n) is 2.47. The van der Waals surface area contributed by atoms with Crippen LogP contribution in [0.2, 0.25) is 0 Å². The fourth-order valence-electron chi connectivity index (χ4n) is 1.57. The van der Waals surface area contributed by atoms with Gasteiger partial charge in [0, 0.05) is 25.4 Å². The molecule has 7 nitrogen and oxygen atoms in total. The Hall–Kier alpha value is -2.31. The second kappa shape index (κ2) is 4.28. The number of nitrogens with one attached hydrogen (secondary N) is 2. The fourth-order valence-corrected chi connectivity index (χ4v) is 1.57. The number of aryl methyl sites for hydroxylation is 2. The molecule has 0 radical (unpaired) electrons. The lowest BCUT2D eigenvalue weighted by atomic mass is 10.2. The Morgan fingerprint density at radius 2 is 2.41 bits per heavy atom. The van der Waals surface area contributed by atoms with E-state index in [9.17, 15) is 4.79 Å². The maximum Gasteiger partial charge on any atom is 0.256 e. The first-order valence-electron chi connectivity index (χ1n) is 5.14. The van der Waals surface area contributed by atoms with E-state index in [1.807, 2.05) is 20.2 Å². The molecule has 2 aromatic heterocycles. The van der Waals surface area contributed by atoms with Gasteiger partial charge in [-0.25, -0.2) is 0 Å². The van der Waals surface area contributed by atoms with Gasteiger partial charge in [-0.1, -0.05) is 0 Å². The minimum absolute atomic E-state index is 0.250. The molecule has 2 aromatic rings. The van der Waals surface area contributed by atoms with Crippen LogP contribution in [0.5, 0.6) is 0 Å². The van der Waals surface area contributed by atoms with E-state index in [-0.39, 0.29) is 11.7 Å². The number of hydrogen-bond acceptors (Lipinski definition) is 4. The van der Waals surface area contributed by atoms with Crippen molar-refractivity contribution in [3.8, 4) is 0 Å². The number of nitrogens with zero attached hydrogens (tertiary/aromatic N) is 3. The lowest BCUT2D eigenvalue weighted by Gasteiger charge is -2.02. The molecule has 0 aromatic carbocycles. The summed E-state index contributed by atoms with van der Waals surface area (Å²) in [5, 5.41) is 13.2. The zero-order valence-electron chi connectivity index (χ0n) is 9.69. The van der Waals surface area contributed by atoms with Crippen LogP contribution < -0.4 is 11.1 Å². The van der Waals surface area contributed by atoms with E-state index in [2.05, 4.69) is 20.6 Å². The molecule has 2 heterocycles. The molecule has 0 aliphatic carbocycles. The molecule has 1 amide bonds. The van der Waals surface area contributed by atoms with E-state index >= 15 is 0 Å². The zero-order valence-corrected chi connectivity index (χ0v) is 9.69. The first kappa shape index (κ1) is 11.2. The van der Waals surface area contributed by atoms with Crippen LogP contribution in [-0.4, -0.2) is 25.9 Å². The van der Waals surface area contributed by atoms with Crippen molar-refractivity contribution >= 4 is 11.7 Å². The van der Waals surface area contributed by atoms with E-state index in [1.165, 1.54) is 6.20 Å². The number of nitrogen functional groups attached to an aromatic ring is 1. The summed E-state index contributed by atoms with van der Waals surface area (Å²) in [6.45, 7) is 2.32. The second-order valence-electron chi connectivity index (χ2n) is 3.79. The number of rotatable bonds is 3. The zero-order chi connectivity index (χ0) is 12.4. The van der Waals surface area contributed by atoms with Gasteiger partial charge in [-0.05, 0) is 6.92 Å². The Labute approximate surface area is 98.0 Å². The molecular formula is C10H14N6O. The van der Waals surface area contributed by atoms with E-state index in [0.717, 1.165) is 11.3 Å². The summed E-state index contributed by atoms with van der Waals surface area (Å²) >= 11 is 0. The van der Waals surface area contributed by atoms with Crippen molar-refractivity contribution in [1.82, 2.24) is 25.3 Å². The van der Waals surface area contributed by atoms with Gasteiger partial charge in [0.15, 0.2) is 0 Å². The summed E-state index contributed by atoms with van der Waals surface area (Å²) in [5.41, 5.74) is 7.77. The van der Waals surface area contributed by atoms with Crippen molar-refractivity contribution in [1.29, 1.82) is 0 Å². The molecule has 0 bridgehead atoms. The van der Waals surface area contributed by atoms with Gasteiger partial charge in [0.2, 0.25) is 0 Å². The molecule has 0 saturated carbocycles. The Morgan fingerprint density at radius 1 is 1.65 bits per heavy atom. The van der Waals surface area contributed by atoms with Crippen LogP contribution in [0.15, 0.2) is 12.4 Å². The first-order valence-corrected chi connectivity index (χ1v) is 5.14. The number of aromatic amines is 1. The van der Waals surface area contributed by atoms with Crippen LogP contribution in [0.25, 0.3) is 0 Å². The van der Waals surface area contributed by atoms with Crippen LogP contribution in [0.3, 0.4) is 0 Å². The maximum atomic E-state index is 11.7. The van der Waals surface area contributed by atoms with Crippen molar-refractivity contribution in [3.63, 3.8) is 0 Å². The minimum Gasteiger partial charge on any atom is -0.383 e. The van der Waals surface area contributed by atoms with Gasteiger partial charge in [-0.2, -0.15) is 10.2 Å². The van der Waals surface area contributed by atoms with Crippen LogP contribution in [0.4, 0.5) is 5.82 Å². The molecule has 0 aliphatic rings. The highest BCUT2D eigenvalue weighted by Gasteiger charge is 2.12. The lowest BCUT2D eigenvalue weighted by molar-refractivity contribution is 0.0952. The molecule has 7 heteroatoms. The predicted molar refractivity (Wildman–Crippen MR) is 62.1 cm³/mol. The van der Waals surface area contributed by atoms with Gasteiger partial charge < -0.3 is 11.1 Å². The Bertz CT molecular complexity index is 541. The number of carbonyl (C=O) groups is 1. The van der Waals surface area contributed by atoms with Crippen LogP contribution in [0, 0.1) is 6.92 Å². The molecule has 0 atom stereocenters. The van der Waals surface area contributed by atoms with E-state index in [0.29, 0.717) is 12.1 Å². The third-order valence-corrected chi connectivity index (χ3v) is 2.47. The molecule has 4 N–H and O–H groups in total. The molecule has 17 heavy (non-hydrogen) atoms. The molecule has 0 fully saturated rings. The van der Waals surface area contributed by atoms with Crippen molar-refractivity contribution in [3.05, 3.63) is 29.2 Å². The summed E-state index contributed by atoms with van der Waals surface area (Å²) < 4.78 is 1.71. The molecule has 0 unspecified atom stereocenters. The van der Waals surface area contributed by atoms with Gasteiger partial charge in [0.05, 0.1) is 11.9 Å². The predicted octanol–water partition coefficient (Wildman–Crippen LogP) is -0.0362. The largest absolute Gasteiger partial charge is 0.383 e. The van der Waals surface area contributed by atoms with Gasteiger partial charge in [0.1, 0.15) is 11.4 Å². The molecule has 2 rings (SSSR count). The topological polar surface area (TPSA) is 102 Å². The number of carbonyl (C=O) groups excluding carboxylic acids is 1. The number of H-pyrrole nitrogens is 1. The van der Waals surface area contributed by atoms with E-state index < -0.39 is 0 Å². The van der Waals surface area contributed by atoms with Gasteiger partial charge in [0.25, 0.3) is 5.91 Å². The van der Waals surface area contributed by atoms with Gasteiger partial charge in [-0.15, -0.1) is 0 Å². The highest BCUT2D eigenvalue weighted by molar-refractivity contribution is 5.97. The Kier molecular flexibility index (Phi) is 2.82. The molecule has 0 saturated heterocycles. The fraction of sp³-hybridized carbons (Fsp3) is 0.300. The van der Waals surface area contributed by atoms with Crippen LogP contribution in [0.1, 0.15) is 21.6 Å². The first-order chi connectivity index (χ1) is 8.08. The highest BCUT2D eigenvalue weighted by Crippen LogP contribution is 2.07. The van der Waals surface area contributed by atoms with Crippen LogP contribution >= 0.6 is 0 Å². The summed E-state index contributed by atoms with van der Waals surface area (Å²) in [6, 6.07) is 0. The normalized spacial score (nSPS) is 10.5. The minimum atomic E-state index is -0.250. The summed E-state index contributed by atoms with van der Waals surface area (Å²) in [7, 11) is 1.84. The second-order valence-corrected chi connectivity index (χ2v) is 3.79. The van der Waals surface area contributed by atoms with Gasteiger partial charge in [-0.3, -0.25) is 14.6 Å². The number of amides is 1. The van der Waals surface area contributed by atoms with Gasteiger partial charge >= 0.3 is 0 Å². The van der Waals surface area contributed by atoms with E-state index in [4.69, 9.17) is 5.73 Å². The van der Waals surface area contributed by atoms with Crippen molar-refractivity contribution in [2.75, 3.05) is 5.73 Å². The quantitative estimate of drug-likeness (QED) is 0.693. The lowest BCUT2D eigenvalue weighted by Crippen LogP contribution is -2.23. The van der Waals surface area contributed by atoms with Crippen molar-refractivity contribution in [2.24, 2.45) is 7.05 Å². The van der Waals surface area contributed by atoms with Crippen molar-refractivity contribution < 1.29 is 4.79 Å². The summed E-state index contributed by atoms with van der Waals surface area (Å²) in [6.07, 6.45) is 3.27. The Balaban J connectivity index is 2.02. The third kappa shape index (κ3) is 2.27. The summed E-state index contributed by atoms with van der Waals surface area (Å²) in [4.78, 5) is 11.7. The molecule has 0 aliphatic heterocycles. The highest BCUT2D eigenvalue weighted by atomic mass is 16.1. The molecule has 90 valence electrons. The average Bonchev–Trinajstić information content (AvgIpc) is 2.81. The average molecular weight is 234 g/mol.